The van der Waals surface area contributed by atoms with Gasteiger partial charge < -0.3 is 14.2 Å². The summed E-state index contributed by atoms with van der Waals surface area (Å²) in [6.07, 6.45) is 1.97. The molecule has 1 aromatic carbocycles. The fourth-order valence-corrected chi connectivity index (χ4v) is 3.27. The Morgan fingerprint density at radius 3 is 2.47 bits per heavy atom. The quantitative estimate of drug-likeness (QED) is 0.774. The molecule has 0 spiro atoms. The van der Waals surface area contributed by atoms with Crippen molar-refractivity contribution >= 4 is 23.2 Å². The summed E-state index contributed by atoms with van der Waals surface area (Å²) in [6, 6.07) is 3.65. The van der Waals surface area contributed by atoms with Gasteiger partial charge in [-0.1, -0.05) is 11.6 Å². The van der Waals surface area contributed by atoms with Crippen LogP contribution in [-0.2, 0) is 4.74 Å². The first-order valence-corrected chi connectivity index (χ1v) is 7.29. The average molecular weight is 303 g/mol. The second-order valence-corrected chi connectivity index (χ2v) is 5.99. The van der Waals surface area contributed by atoms with E-state index < -0.39 is 0 Å². The zero-order valence-electron chi connectivity index (χ0n) is 10.7. The lowest BCUT2D eigenvalue weighted by Gasteiger charge is -2.30. The standard InChI is InChI=1S/C14H16Cl2O3/c1-14(3-2-4-19-14)13(16)9-7-11-12(8-10(9)15)18-6-5-17-11/h7-8,13H,2-6H2,1H3. The monoisotopic (exact) mass is 302 g/mol. The van der Waals surface area contributed by atoms with E-state index in [-0.39, 0.29) is 11.0 Å². The van der Waals surface area contributed by atoms with Crippen LogP contribution in [0, 0.1) is 0 Å². The van der Waals surface area contributed by atoms with Crippen LogP contribution in [0.1, 0.15) is 30.7 Å². The van der Waals surface area contributed by atoms with Crippen molar-refractivity contribution in [3.63, 3.8) is 0 Å². The van der Waals surface area contributed by atoms with Crippen molar-refractivity contribution in [2.45, 2.75) is 30.7 Å². The van der Waals surface area contributed by atoms with Gasteiger partial charge in [-0.25, -0.2) is 0 Å². The summed E-state index contributed by atoms with van der Waals surface area (Å²) in [6.45, 7) is 3.88. The van der Waals surface area contributed by atoms with Crippen LogP contribution < -0.4 is 9.47 Å². The third-order valence-electron chi connectivity index (χ3n) is 3.72. The van der Waals surface area contributed by atoms with E-state index in [1.54, 1.807) is 6.07 Å². The highest BCUT2D eigenvalue weighted by atomic mass is 35.5. The van der Waals surface area contributed by atoms with Crippen LogP contribution in [0.25, 0.3) is 0 Å². The molecule has 3 rings (SSSR count). The lowest BCUT2D eigenvalue weighted by Crippen LogP contribution is -2.29. The van der Waals surface area contributed by atoms with Gasteiger partial charge in [0.1, 0.15) is 13.2 Å². The third kappa shape index (κ3) is 2.39. The molecule has 3 nitrogen and oxygen atoms in total. The van der Waals surface area contributed by atoms with Gasteiger partial charge in [0, 0.05) is 17.7 Å². The number of alkyl halides is 1. The van der Waals surface area contributed by atoms with E-state index in [2.05, 4.69) is 0 Å². The van der Waals surface area contributed by atoms with Crippen LogP contribution in [0.4, 0.5) is 0 Å². The lowest BCUT2D eigenvalue weighted by molar-refractivity contribution is 0.0163. The number of ether oxygens (including phenoxy) is 3. The smallest absolute Gasteiger partial charge is 0.162 e. The molecule has 2 aliphatic rings. The summed E-state index contributed by atoms with van der Waals surface area (Å²) in [5.41, 5.74) is 0.478. The van der Waals surface area contributed by atoms with Crippen molar-refractivity contribution in [3.8, 4) is 11.5 Å². The first kappa shape index (κ1) is 13.3. The Labute approximate surface area is 122 Å². The van der Waals surface area contributed by atoms with Crippen LogP contribution in [-0.4, -0.2) is 25.4 Å². The molecule has 19 heavy (non-hydrogen) atoms. The number of halogens is 2. The maximum absolute atomic E-state index is 6.60. The van der Waals surface area contributed by atoms with Crippen LogP contribution in [0.5, 0.6) is 11.5 Å². The Morgan fingerprint density at radius 1 is 1.16 bits per heavy atom. The summed E-state index contributed by atoms with van der Waals surface area (Å²) >= 11 is 12.9. The number of fused-ring (bicyclic) bond motifs is 1. The van der Waals surface area contributed by atoms with E-state index >= 15 is 0 Å². The zero-order chi connectivity index (χ0) is 13.5. The van der Waals surface area contributed by atoms with Gasteiger partial charge >= 0.3 is 0 Å². The van der Waals surface area contributed by atoms with E-state index in [0.29, 0.717) is 29.7 Å². The van der Waals surface area contributed by atoms with Gasteiger partial charge in [-0.2, -0.15) is 0 Å². The first-order valence-electron chi connectivity index (χ1n) is 6.47. The van der Waals surface area contributed by atoms with Gasteiger partial charge in [-0.3, -0.25) is 0 Å². The molecule has 0 amide bonds. The van der Waals surface area contributed by atoms with Crippen LogP contribution >= 0.6 is 23.2 Å². The second-order valence-electron chi connectivity index (χ2n) is 5.14. The van der Waals surface area contributed by atoms with E-state index in [4.69, 9.17) is 37.4 Å². The van der Waals surface area contributed by atoms with E-state index in [9.17, 15) is 0 Å². The molecule has 0 bridgehead atoms. The van der Waals surface area contributed by atoms with E-state index in [1.165, 1.54) is 0 Å². The van der Waals surface area contributed by atoms with Crippen molar-refractivity contribution in [2.75, 3.05) is 19.8 Å². The molecule has 0 radical (unpaired) electrons. The highest BCUT2D eigenvalue weighted by Gasteiger charge is 2.39. The highest BCUT2D eigenvalue weighted by molar-refractivity contribution is 6.33. The predicted octanol–water partition coefficient (Wildman–Crippen LogP) is 3.96. The molecule has 5 heteroatoms. The maximum atomic E-state index is 6.60. The van der Waals surface area contributed by atoms with Gasteiger partial charge in [-0.05, 0) is 31.4 Å². The van der Waals surface area contributed by atoms with Crippen molar-refractivity contribution in [1.29, 1.82) is 0 Å². The third-order valence-corrected chi connectivity index (χ3v) is 4.74. The van der Waals surface area contributed by atoms with Crippen molar-refractivity contribution in [2.24, 2.45) is 0 Å². The van der Waals surface area contributed by atoms with E-state index in [1.807, 2.05) is 13.0 Å². The number of hydrogen-bond acceptors (Lipinski definition) is 3. The first-order chi connectivity index (χ1) is 9.10. The summed E-state index contributed by atoms with van der Waals surface area (Å²) in [5, 5.41) is 0.305. The molecule has 0 aliphatic carbocycles. The topological polar surface area (TPSA) is 27.7 Å². The minimum absolute atomic E-state index is 0.293. The molecule has 2 atom stereocenters. The maximum Gasteiger partial charge on any atom is 0.162 e. The Kier molecular flexibility index (Phi) is 3.54. The second kappa shape index (κ2) is 5.04. The van der Waals surface area contributed by atoms with E-state index in [0.717, 1.165) is 25.0 Å². The molecule has 1 aromatic rings. The largest absolute Gasteiger partial charge is 0.486 e. The molecular formula is C14H16Cl2O3. The fourth-order valence-electron chi connectivity index (χ4n) is 2.60. The Bertz CT molecular complexity index is 484. The fraction of sp³-hybridized carbons (Fsp3) is 0.571. The molecule has 0 aromatic heterocycles. The lowest BCUT2D eigenvalue weighted by atomic mass is 9.92. The number of benzene rings is 1. The number of hydrogen-bond donors (Lipinski definition) is 0. The molecule has 0 saturated carbocycles. The van der Waals surface area contributed by atoms with Gasteiger partial charge in [0.2, 0.25) is 0 Å². The van der Waals surface area contributed by atoms with Crippen LogP contribution in [0.2, 0.25) is 5.02 Å². The summed E-state index contributed by atoms with van der Waals surface area (Å²) in [4.78, 5) is 0. The molecule has 1 fully saturated rings. The normalized spacial score (nSPS) is 27.3. The number of rotatable bonds is 2. The van der Waals surface area contributed by atoms with Crippen molar-refractivity contribution in [1.82, 2.24) is 0 Å². The molecule has 104 valence electrons. The average Bonchev–Trinajstić information content (AvgIpc) is 2.85. The van der Waals surface area contributed by atoms with Gasteiger partial charge in [-0.15, -0.1) is 11.6 Å². The molecule has 0 N–H and O–H groups in total. The Hall–Kier alpha value is -0.640. The minimum Gasteiger partial charge on any atom is -0.486 e. The molecule has 1 saturated heterocycles. The van der Waals surface area contributed by atoms with Crippen LogP contribution in [0.3, 0.4) is 0 Å². The Morgan fingerprint density at radius 2 is 1.84 bits per heavy atom. The van der Waals surface area contributed by atoms with Gasteiger partial charge in [0.25, 0.3) is 0 Å². The SMILES string of the molecule is CC1(C(Cl)c2cc3c(cc2Cl)OCCO3)CCCO1. The molecule has 2 aliphatic heterocycles. The molecular weight excluding hydrogens is 287 g/mol. The van der Waals surface area contributed by atoms with Crippen LogP contribution in [0.15, 0.2) is 12.1 Å². The van der Waals surface area contributed by atoms with Gasteiger partial charge in [0.15, 0.2) is 11.5 Å². The highest BCUT2D eigenvalue weighted by Crippen LogP contribution is 2.47. The minimum atomic E-state index is -0.366. The summed E-state index contributed by atoms with van der Waals surface area (Å²) in [7, 11) is 0. The summed E-state index contributed by atoms with van der Waals surface area (Å²) < 4.78 is 16.9. The molecule has 2 unspecified atom stereocenters. The van der Waals surface area contributed by atoms with Crippen molar-refractivity contribution in [3.05, 3.63) is 22.7 Å². The predicted molar refractivity (Wildman–Crippen MR) is 74.6 cm³/mol. The Balaban J connectivity index is 1.95. The summed E-state index contributed by atoms with van der Waals surface area (Å²) in [5.74, 6) is 1.39. The van der Waals surface area contributed by atoms with Crippen molar-refractivity contribution < 1.29 is 14.2 Å². The van der Waals surface area contributed by atoms with Gasteiger partial charge in [0.05, 0.1) is 11.0 Å². The molecule has 2 heterocycles. The zero-order valence-corrected chi connectivity index (χ0v) is 12.3.